The van der Waals surface area contributed by atoms with Gasteiger partial charge in [0.25, 0.3) is 0 Å². The summed E-state index contributed by atoms with van der Waals surface area (Å²) in [7, 11) is 0. The van der Waals surface area contributed by atoms with Gasteiger partial charge in [0.2, 0.25) is 5.95 Å². The van der Waals surface area contributed by atoms with Crippen LogP contribution in [0.15, 0.2) is 40.2 Å². The highest BCUT2D eigenvalue weighted by Crippen LogP contribution is 2.40. The molecule has 1 N–H and O–H groups in total. The highest BCUT2D eigenvalue weighted by Gasteiger charge is 2.31. The van der Waals surface area contributed by atoms with Crippen LogP contribution in [0.4, 0.5) is 5.95 Å². The van der Waals surface area contributed by atoms with Gasteiger partial charge >= 0.3 is 0 Å². The van der Waals surface area contributed by atoms with Crippen molar-refractivity contribution in [3.63, 3.8) is 0 Å². The van der Waals surface area contributed by atoms with E-state index in [-0.39, 0.29) is 12.1 Å². The zero-order valence-corrected chi connectivity index (χ0v) is 14.3. The Bertz CT molecular complexity index is 812. The number of thiophene rings is 1. The molecule has 4 rings (SSSR count). The van der Waals surface area contributed by atoms with Gasteiger partial charge in [-0.05, 0) is 63.0 Å². The largest absolute Gasteiger partial charge is 0.345 e. The molecule has 0 aliphatic carbocycles. The van der Waals surface area contributed by atoms with Crippen molar-refractivity contribution in [1.82, 2.24) is 20.2 Å². The van der Waals surface area contributed by atoms with Crippen molar-refractivity contribution in [2.75, 3.05) is 5.32 Å². The molecule has 0 saturated heterocycles. The monoisotopic (exact) mass is 375 g/mol. The molecular weight excluding hydrogens is 362 g/mol. The summed E-state index contributed by atoms with van der Waals surface area (Å²) in [5.41, 5.74) is 2.54. The van der Waals surface area contributed by atoms with E-state index < -0.39 is 0 Å². The number of hydrogen-bond donors (Lipinski definition) is 1. The molecule has 0 radical (unpaired) electrons. The number of nitrogens with zero attached hydrogens (tertiary/aromatic N) is 4. The van der Waals surface area contributed by atoms with Gasteiger partial charge in [0.15, 0.2) is 0 Å². The number of hydrogen-bond acceptors (Lipinski definition) is 5. The van der Waals surface area contributed by atoms with Crippen molar-refractivity contribution in [3.8, 4) is 0 Å². The Morgan fingerprint density at radius 1 is 1.27 bits per heavy atom. The van der Waals surface area contributed by atoms with Crippen molar-refractivity contribution in [1.29, 1.82) is 0 Å². The van der Waals surface area contributed by atoms with Crippen LogP contribution in [0.3, 0.4) is 0 Å². The molecule has 1 aliphatic rings. The summed E-state index contributed by atoms with van der Waals surface area (Å²) < 4.78 is 3.03. The quantitative estimate of drug-likeness (QED) is 0.736. The maximum absolute atomic E-state index is 4.18. The third kappa shape index (κ3) is 2.34. The minimum atomic E-state index is 0.151. The molecule has 112 valence electrons. The van der Waals surface area contributed by atoms with Gasteiger partial charge in [-0.2, -0.15) is 0 Å². The molecule has 0 bridgehead atoms. The third-order valence-corrected chi connectivity index (χ3v) is 5.77. The topological polar surface area (TPSA) is 55.6 Å². The first-order valence-electron chi connectivity index (χ1n) is 7.07. The van der Waals surface area contributed by atoms with Gasteiger partial charge in [0.1, 0.15) is 0 Å². The van der Waals surface area contributed by atoms with Crippen molar-refractivity contribution in [3.05, 3.63) is 56.2 Å². The van der Waals surface area contributed by atoms with Gasteiger partial charge in [-0.3, -0.25) is 0 Å². The number of fused-ring (bicyclic) bond motifs is 1. The smallest absolute Gasteiger partial charge is 0.244 e. The predicted octanol–water partition coefficient (Wildman–Crippen LogP) is 3.95. The molecule has 5 nitrogen and oxygen atoms in total. The van der Waals surface area contributed by atoms with E-state index in [1.807, 2.05) is 4.68 Å². The maximum Gasteiger partial charge on any atom is 0.244 e. The van der Waals surface area contributed by atoms with Gasteiger partial charge in [-0.25, -0.2) is 4.68 Å². The molecule has 0 saturated carbocycles. The number of benzene rings is 1. The molecule has 7 heteroatoms. The zero-order valence-electron chi connectivity index (χ0n) is 11.9. The van der Waals surface area contributed by atoms with Crippen molar-refractivity contribution in [2.24, 2.45) is 0 Å². The fourth-order valence-corrected chi connectivity index (χ4v) is 4.45. The minimum absolute atomic E-state index is 0.151. The Labute approximate surface area is 140 Å². The number of tetrazole rings is 1. The fraction of sp³-hybridized carbons (Fsp3) is 0.267. The molecule has 1 aliphatic heterocycles. The lowest BCUT2D eigenvalue weighted by molar-refractivity contribution is 0.425. The van der Waals surface area contributed by atoms with Crippen LogP contribution in [-0.2, 0) is 0 Å². The van der Waals surface area contributed by atoms with Crippen molar-refractivity contribution < 1.29 is 0 Å². The fourth-order valence-electron chi connectivity index (χ4n) is 2.96. The normalized spacial score (nSPS) is 20.5. The summed E-state index contributed by atoms with van der Waals surface area (Å²) in [6.45, 7) is 2.14. The van der Waals surface area contributed by atoms with Crippen LogP contribution >= 0.6 is 27.3 Å². The second kappa shape index (κ2) is 5.48. The molecule has 2 aromatic heterocycles. The van der Waals surface area contributed by atoms with Crippen molar-refractivity contribution in [2.45, 2.75) is 25.4 Å². The molecule has 0 spiro atoms. The molecule has 0 fully saturated rings. The van der Waals surface area contributed by atoms with E-state index in [9.17, 15) is 0 Å². The number of anilines is 1. The van der Waals surface area contributed by atoms with Crippen molar-refractivity contribution >= 4 is 33.2 Å². The average Bonchev–Trinajstić information content (AvgIpc) is 3.15. The number of aryl methyl sites for hydroxylation is 1. The number of nitrogens with one attached hydrogen (secondary N) is 1. The summed E-state index contributed by atoms with van der Waals surface area (Å²) in [6, 6.07) is 13.1. The van der Waals surface area contributed by atoms with E-state index >= 15 is 0 Å². The highest BCUT2D eigenvalue weighted by molar-refractivity contribution is 9.11. The van der Waals surface area contributed by atoms with E-state index in [0.717, 1.165) is 16.2 Å². The molecule has 22 heavy (non-hydrogen) atoms. The first-order valence-corrected chi connectivity index (χ1v) is 8.68. The second-order valence-electron chi connectivity index (χ2n) is 5.39. The van der Waals surface area contributed by atoms with Crippen LogP contribution < -0.4 is 5.32 Å². The summed E-state index contributed by atoms with van der Waals surface area (Å²) >= 11 is 5.29. The molecule has 1 aromatic carbocycles. The summed E-state index contributed by atoms with van der Waals surface area (Å²) in [4.78, 5) is 1.29. The minimum Gasteiger partial charge on any atom is -0.345 e. The Hall–Kier alpha value is -1.73. The first-order chi connectivity index (χ1) is 10.7. The molecule has 3 heterocycles. The lowest BCUT2D eigenvalue weighted by Gasteiger charge is -2.31. The summed E-state index contributed by atoms with van der Waals surface area (Å²) in [6.07, 6.45) is 0.926. The van der Waals surface area contributed by atoms with Crippen LogP contribution in [0.25, 0.3) is 0 Å². The Balaban J connectivity index is 1.77. The predicted molar refractivity (Wildman–Crippen MR) is 90.1 cm³/mol. The average molecular weight is 376 g/mol. The van der Waals surface area contributed by atoms with Gasteiger partial charge in [0.05, 0.1) is 15.9 Å². The zero-order chi connectivity index (χ0) is 15.1. The molecule has 0 amide bonds. The lowest BCUT2D eigenvalue weighted by atomic mass is 9.94. The summed E-state index contributed by atoms with van der Waals surface area (Å²) in [5, 5.41) is 15.6. The molecule has 0 unspecified atom stereocenters. The van der Waals surface area contributed by atoms with Crippen LogP contribution in [0.5, 0.6) is 0 Å². The standard InChI is InChI=1S/C15H14BrN5S/c1-9-4-2-3-5-10(9)12-8-11(13-6-7-14(16)22-13)17-15-18-19-20-21(12)15/h2-7,11-12H,8H2,1H3,(H,17,18,20)/t11-,12-/m1/s1. The van der Waals surface area contributed by atoms with Crippen LogP contribution in [-0.4, -0.2) is 20.2 Å². The van der Waals surface area contributed by atoms with E-state index in [1.165, 1.54) is 16.0 Å². The lowest BCUT2D eigenvalue weighted by Crippen LogP contribution is -2.28. The first kappa shape index (κ1) is 13.9. The number of halogens is 1. The van der Waals surface area contributed by atoms with E-state index in [0.29, 0.717) is 0 Å². The maximum atomic E-state index is 4.18. The van der Waals surface area contributed by atoms with E-state index in [4.69, 9.17) is 0 Å². The Morgan fingerprint density at radius 2 is 2.14 bits per heavy atom. The molecule has 2 atom stereocenters. The number of rotatable bonds is 2. The van der Waals surface area contributed by atoms with Gasteiger partial charge in [0, 0.05) is 4.88 Å². The van der Waals surface area contributed by atoms with Crippen LogP contribution in [0.1, 0.15) is 34.5 Å². The number of aromatic nitrogens is 4. The summed E-state index contributed by atoms with van der Waals surface area (Å²) in [5.74, 6) is 0.731. The Kier molecular flexibility index (Phi) is 3.46. The van der Waals surface area contributed by atoms with E-state index in [2.05, 4.69) is 80.1 Å². The van der Waals surface area contributed by atoms with Gasteiger partial charge < -0.3 is 5.32 Å². The van der Waals surface area contributed by atoms with Gasteiger partial charge in [-0.1, -0.05) is 29.4 Å². The third-order valence-electron chi connectivity index (χ3n) is 4.04. The SMILES string of the molecule is Cc1ccccc1[C@H]1C[C@H](c2ccc(Br)s2)Nc2nnnn21. The van der Waals surface area contributed by atoms with Crippen LogP contribution in [0, 0.1) is 6.92 Å². The Morgan fingerprint density at radius 3 is 2.91 bits per heavy atom. The molecular formula is C15H14BrN5S. The molecule has 3 aromatic rings. The van der Waals surface area contributed by atoms with Crippen LogP contribution in [0.2, 0.25) is 0 Å². The highest BCUT2D eigenvalue weighted by atomic mass is 79.9. The second-order valence-corrected chi connectivity index (χ2v) is 7.89. The van der Waals surface area contributed by atoms with E-state index in [1.54, 1.807) is 11.3 Å². The van der Waals surface area contributed by atoms with Gasteiger partial charge in [-0.15, -0.1) is 11.3 Å².